The lowest BCUT2D eigenvalue weighted by Gasteiger charge is -1.99. The number of hydrogen-bond acceptors (Lipinski definition) is 7. The van der Waals surface area contributed by atoms with Crippen LogP contribution in [0.3, 0.4) is 0 Å². The lowest BCUT2D eigenvalue weighted by Crippen LogP contribution is -2.14. The number of benzene rings is 1. The number of esters is 1. The number of rotatable bonds is 3. The highest BCUT2D eigenvalue weighted by atomic mass is 32.1. The van der Waals surface area contributed by atoms with Crippen molar-refractivity contribution >= 4 is 22.3 Å². The summed E-state index contributed by atoms with van der Waals surface area (Å²) in [6.45, 7) is 0. The summed E-state index contributed by atoms with van der Waals surface area (Å²) in [6, 6.07) is 8.34. The van der Waals surface area contributed by atoms with Gasteiger partial charge in [-0.3, -0.25) is 4.79 Å². The van der Waals surface area contributed by atoms with E-state index in [4.69, 9.17) is 4.74 Å². The van der Waals surface area contributed by atoms with Gasteiger partial charge in [0, 0.05) is 11.6 Å². The quantitative estimate of drug-likeness (QED) is 0.683. The van der Waals surface area contributed by atoms with Gasteiger partial charge in [0.1, 0.15) is 10.6 Å². The standard InChI is InChI=1S/C14H11N3O4S/c1-20-9-5-3-8(4-6-9)12-15-14-17(16-12)11(18)7-10(22-14)13(19)21-2/h3-7H,1-2H3. The van der Waals surface area contributed by atoms with Crippen LogP contribution in [-0.2, 0) is 4.74 Å². The van der Waals surface area contributed by atoms with Crippen LogP contribution in [0.2, 0.25) is 0 Å². The van der Waals surface area contributed by atoms with E-state index in [0.717, 1.165) is 21.4 Å². The van der Waals surface area contributed by atoms with Crippen molar-refractivity contribution in [3.8, 4) is 17.1 Å². The maximum atomic E-state index is 12.0. The molecule has 0 aliphatic heterocycles. The van der Waals surface area contributed by atoms with Crippen molar-refractivity contribution in [2.75, 3.05) is 14.2 Å². The van der Waals surface area contributed by atoms with Gasteiger partial charge in [-0.15, -0.1) is 5.10 Å². The predicted octanol–water partition coefficient (Wildman–Crippen LogP) is 1.61. The molecule has 0 saturated carbocycles. The van der Waals surface area contributed by atoms with Gasteiger partial charge < -0.3 is 9.47 Å². The number of carbonyl (C=O) groups excluding carboxylic acids is 1. The normalized spacial score (nSPS) is 10.6. The molecule has 22 heavy (non-hydrogen) atoms. The second-order valence-corrected chi connectivity index (χ2v) is 5.31. The number of fused-ring (bicyclic) bond motifs is 1. The first-order chi connectivity index (χ1) is 10.6. The Morgan fingerprint density at radius 2 is 1.95 bits per heavy atom. The third-order valence-electron chi connectivity index (χ3n) is 2.98. The summed E-state index contributed by atoms with van der Waals surface area (Å²) in [5.41, 5.74) is 0.317. The molecule has 8 heteroatoms. The van der Waals surface area contributed by atoms with E-state index in [1.807, 2.05) is 0 Å². The van der Waals surface area contributed by atoms with Crippen molar-refractivity contribution in [1.82, 2.24) is 14.6 Å². The zero-order chi connectivity index (χ0) is 15.7. The van der Waals surface area contributed by atoms with Gasteiger partial charge in [-0.2, -0.15) is 9.50 Å². The molecule has 1 aromatic carbocycles. The van der Waals surface area contributed by atoms with Crippen LogP contribution in [-0.4, -0.2) is 34.8 Å². The first-order valence-corrected chi connectivity index (χ1v) is 7.07. The average Bonchev–Trinajstić information content (AvgIpc) is 2.99. The van der Waals surface area contributed by atoms with Crippen LogP contribution in [0.25, 0.3) is 16.3 Å². The molecule has 0 N–H and O–H groups in total. The van der Waals surface area contributed by atoms with Crippen LogP contribution in [0.15, 0.2) is 35.1 Å². The van der Waals surface area contributed by atoms with E-state index in [9.17, 15) is 9.59 Å². The Balaban J connectivity index is 2.10. The Morgan fingerprint density at radius 1 is 1.23 bits per heavy atom. The highest BCUT2D eigenvalue weighted by Gasteiger charge is 2.14. The third kappa shape index (κ3) is 2.44. The minimum absolute atomic E-state index is 0.189. The van der Waals surface area contributed by atoms with Crippen LogP contribution in [0, 0.1) is 0 Å². The largest absolute Gasteiger partial charge is 0.497 e. The molecular formula is C14H11N3O4S. The topological polar surface area (TPSA) is 82.8 Å². The first-order valence-electron chi connectivity index (χ1n) is 6.26. The minimum Gasteiger partial charge on any atom is -0.497 e. The summed E-state index contributed by atoms with van der Waals surface area (Å²) < 4.78 is 10.9. The highest BCUT2D eigenvalue weighted by molar-refractivity contribution is 7.18. The van der Waals surface area contributed by atoms with Crippen molar-refractivity contribution in [3.63, 3.8) is 0 Å². The lowest BCUT2D eigenvalue weighted by atomic mass is 10.2. The van der Waals surface area contributed by atoms with Gasteiger partial charge in [0.2, 0.25) is 4.96 Å². The molecule has 0 saturated heterocycles. The van der Waals surface area contributed by atoms with E-state index in [2.05, 4.69) is 14.8 Å². The van der Waals surface area contributed by atoms with Gasteiger partial charge in [0.25, 0.3) is 5.56 Å². The molecule has 0 aliphatic carbocycles. The SMILES string of the molecule is COC(=O)c1cc(=O)n2nc(-c3ccc(OC)cc3)nc2s1. The number of ether oxygens (including phenoxy) is 2. The lowest BCUT2D eigenvalue weighted by molar-refractivity contribution is 0.0606. The molecule has 3 rings (SSSR count). The molecule has 0 unspecified atom stereocenters. The summed E-state index contributed by atoms with van der Waals surface area (Å²) in [6.07, 6.45) is 0. The summed E-state index contributed by atoms with van der Waals surface area (Å²) in [5, 5.41) is 4.17. The van der Waals surface area contributed by atoms with E-state index >= 15 is 0 Å². The van der Waals surface area contributed by atoms with E-state index < -0.39 is 11.5 Å². The van der Waals surface area contributed by atoms with Gasteiger partial charge in [-0.1, -0.05) is 11.3 Å². The molecular weight excluding hydrogens is 306 g/mol. The molecule has 0 radical (unpaired) electrons. The second-order valence-electron chi connectivity index (χ2n) is 4.30. The van der Waals surface area contributed by atoms with Gasteiger partial charge >= 0.3 is 5.97 Å². The first kappa shape index (κ1) is 14.2. The van der Waals surface area contributed by atoms with Crippen molar-refractivity contribution < 1.29 is 14.3 Å². The molecule has 2 heterocycles. The summed E-state index contributed by atoms with van der Waals surface area (Å²) >= 11 is 1.05. The van der Waals surface area contributed by atoms with Gasteiger partial charge in [0.05, 0.1) is 14.2 Å². The third-order valence-corrected chi connectivity index (χ3v) is 3.93. The van der Waals surface area contributed by atoms with Crippen LogP contribution in [0.1, 0.15) is 9.67 Å². The Hall–Kier alpha value is -2.74. The highest BCUT2D eigenvalue weighted by Crippen LogP contribution is 2.21. The zero-order valence-corrected chi connectivity index (χ0v) is 12.6. The molecule has 0 spiro atoms. The molecule has 2 aromatic heterocycles. The summed E-state index contributed by atoms with van der Waals surface area (Å²) in [4.78, 5) is 28.4. The molecule has 0 atom stereocenters. The fraction of sp³-hybridized carbons (Fsp3) is 0.143. The van der Waals surface area contributed by atoms with Gasteiger partial charge in [-0.05, 0) is 24.3 Å². The molecule has 0 bridgehead atoms. The van der Waals surface area contributed by atoms with Crippen molar-refractivity contribution in [1.29, 1.82) is 0 Å². The van der Waals surface area contributed by atoms with Gasteiger partial charge in [0.15, 0.2) is 5.82 Å². The Labute approximate surface area is 128 Å². The smallest absolute Gasteiger partial charge is 0.348 e. The number of aromatic nitrogens is 3. The molecule has 7 nitrogen and oxygen atoms in total. The van der Waals surface area contributed by atoms with E-state index in [0.29, 0.717) is 16.5 Å². The Morgan fingerprint density at radius 3 is 2.59 bits per heavy atom. The maximum absolute atomic E-state index is 12.0. The van der Waals surface area contributed by atoms with Crippen LogP contribution in [0.5, 0.6) is 5.75 Å². The predicted molar refractivity (Wildman–Crippen MR) is 80.5 cm³/mol. The minimum atomic E-state index is -0.571. The van der Waals surface area contributed by atoms with Gasteiger partial charge in [-0.25, -0.2) is 4.79 Å². The fourth-order valence-electron chi connectivity index (χ4n) is 1.87. The van der Waals surface area contributed by atoms with Crippen LogP contribution in [0.4, 0.5) is 0 Å². The van der Waals surface area contributed by atoms with E-state index in [-0.39, 0.29) is 4.88 Å². The Kier molecular flexibility index (Phi) is 3.60. The molecule has 0 fully saturated rings. The number of nitrogens with zero attached hydrogens (tertiary/aromatic N) is 3. The Bertz CT molecular complexity index is 899. The van der Waals surface area contributed by atoms with Crippen LogP contribution < -0.4 is 10.3 Å². The number of methoxy groups -OCH3 is 2. The van der Waals surface area contributed by atoms with E-state index in [1.165, 1.54) is 13.2 Å². The van der Waals surface area contributed by atoms with Crippen molar-refractivity contribution in [3.05, 3.63) is 45.6 Å². The van der Waals surface area contributed by atoms with Crippen molar-refractivity contribution in [2.45, 2.75) is 0 Å². The molecule has 112 valence electrons. The summed E-state index contributed by atoms with van der Waals surface area (Å²) in [7, 11) is 2.84. The number of hydrogen-bond donors (Lipinski definition) is 0. The molecule has 3 aromatic rings. The maximum Gasteiger partial charge on any atom is 0.348 e. The summed E-state index contributed by atoms with van der Waals surface area (Å²) in [5.74, 6) is 0.546. The molecule has 0 aliphatic rings. The fourth-order valence-corrected chi connectivity index (χ4v) is 2.74. The average molecular weight is 317 g/mol. The molecule has 0 amide bonds. The van der Waals surface area contributed by atoms with E-state index in [1.54, 1.807) is 31.4 Å². The van der Waals surface area contributed by atoms with Crippen LogP contribution >= 0.6 is 11.3 Å². The second kappa shape index (κ2) is 5.57. The van der Waals surface area contributed by atoms with Crippen molar-refractivity contribution in [2.24, 2.45) is 0 Å². The number of carbonyl (C=O) groups is 1. The monoisotopic (exact) mass is 317 g/mol. The zero-order valence-electron chi connectivity index (χ0n) is 11.8.